The molecule has 22 heavy (non-hydrogen) atoms. The van der Waals surface area contributed by atoms with Crippen molar-refractivity contribution in [3.05, 3.63) is 46.0 Å². The van der Waals surface area contributed by atoms with Gasteiger partial charge < -0.3 is 14.8 Å². The van der Waals surface area contributed by atoms with E-state index in [-0.39, 0.29) is 6.79 Å². The number of benzene rings is 2. The molecular weight excluding hydrogens is 399 g/mol. The largest absolute Gasteiger partial charge is 0.454 e. The monoisotopic (exact) mass is 410 g/mol. The quantitative estimate of drug-likeness (QED) is 0.624. The highest BCUT2D eigenvalue weighted by atomic mass is 127. The Morgan fingerprint density at radius 1 is 1.14 bits per heavy atom. The summed E-state index contributed by atoms with van der Waals surface area (Å²) in [5.74, 6) is 1.19. The summed E-state index contributed by atoms with van der Waals surface area (Å²) in [5, 5.41) is 2.65. The van der Waals surface area contributed by atoms with E-state index in [0.29, 0.717) is 29.3 Å². The molecule has 0 fully saturated rings. The predicted molar refractivity (Wildman–Crippen MR) is 89.3 cm³/mol. The van der Waals surface area contributed by atoms with Gasteiger partial charge in [-0.05, 0) is 59.0 Å². The predicted octanol–water partition coefficient (Wildman–Crippen LogP) is 3.21. The summed E-state index contributed by atoms with van der Waals surface area (Å²) in [6.07, 6.45) is 0.477. The van der Waals surface area contributed by atoms with Crippen molar-refractivity contribution in [2.75, 3.05) is 17.0 Å². The summed E-state index contributed by atoms with van der Waals surface area (Å²) < 4.78 is 11.5. The first kappa shape index (κ1) is 14.6. The third-order valence-electron chi connectivity index (χ3n) is 3.05. The number of nitrogens with one attached hydrogen (secondary N) is 1. The van der Waals surface area contributed by atoms with E-state index in [1.807, 2.05) is 12.1 Å². The number of rotatable bonds is 3. The van der Waals surface area contributed by atoms with E-state index >= 15 is 0 Å². The number of urea groups is 1. The highest BCUT2D eigenvalue weighted by Gasteiger charge is 2.18. The van der Waals surface area contributed by atoms with Crippen molar-refractivity contribution in [1.82, 2.24) is 0 Å². The molecule has 1 aliphatic rings. The van der Waals surface area contributed by atoms with Crippen LogP contribution in [-0.2, 0) is 4.79 Å². The first-order valence-electron chi connectivity index (χ1n) is 6.38. The van der Waals surface area contributed by atoms with Crippen LogP contribution in [0.5, 0.6) is 11.5 Å². The summed E-state index contributed by atoms with van der Waals surface area (Å²) in [5.41, 5.74) is 1.01. The molecule has 3 amide bonds. The minimum Gasteiger partial charge on any atom is -0.454 e. The van der Waals surface area contributed by atoms with Gasteiger partial charge in [0.2, 0.25) is 13.2 Å². The van der Waals surface area contributed by atoms with Gasteiger partial charge in [0.05, 0.1) is 5.69 Å². The van der Waals surface area contributed by atoms with Crippen molar-refractivity contribution in [2.45, 2.75) is 0 Å². The molecule has 112 valence electrons. The van der Waals surface area contributed by atoms with Gasteiger partial charge in [-0.25, -0.2) is 9.69 Å². The minimum atomic E-state index is -0.546. The molecule has 2 aromatic carbocycles. The molecule has 0 spiro atoms. The number of carbonyl (C=O) groups is 2. The number of imide groups is 1. The maximum Gasteiger partial charge on any atom is 0.332 e. The Bertz CT molecular complexity index is 718. The molecule has 0 radical (unpaired) electrons. The van der Waals surface area contributed by atoms with Gasteiger partial charge in [0.1, 0.15) is 0 Å². The van der Waals surface area contributed by atoms with Crippen LogP contribution in [0.3, 0.4) is 0 Å². The molecule has 0 saturated carbocycles. The van der Waals surface area contributed by atoms with Crippen LogP contribution in [0, 0.1) is 3.57 Å². The zero-order valence-electron chi connectivity index (χ0n) is 11.3. The summed E-state index contributed by atoms with van der Waals surface area (Å²) in [7, 11) is 0. The minimum absolute atomic E-state index is 0.163. The topological polar surface area (TPSA) is 67.9 Å². The fraction of sp³-hybridized carbons (Fsp3) is 0.0667. The van der Waals surface area contributed by atoms with Gasteiger partial charge in [0.15, 0.2) is 11.5 Å². The second kappa shape index (κ2) is 6.22. The molecule has 1 N–H and O–H groups in total. The standard InChI is InChI=1S/C15H11IN2O4/c16-10-1-4-12(5-2-10)18(8-19)15(20)17-11-3-6-13-14(7-11)22-9-21-13/h1-8H,9H2,(H,17,20). The van der Waals surface area contributed by atoms with Crippen molar-refractivity contribution in [1.29, 1.82) is 0 Å². The lowest BCUT2D eigenvalue weighted by atomic mass is 10.2. The molecule has 6 nitrogen and oxygen atoms in total. The number of fused-ring (bicyclic) bond motifs is 1. The van der Waals surface area contributed by atoms with E-state index in [4.69, 9.17) is 9.47 Å². The molecule has 7 heteroatoms. The van der Waals surface area contributed by atoms with Crippen molar-refractivity contribution < 1.29 is 19.1 Å². The molecule has 3 rings (SSSR count). The van der Waals surface area contributed by atoms with E-state index in [1.165, 1.54) is 0 Å². The number of carbonyl (C=O) groups excluding carboxylic acids is 2. The molecule has 1 heterocycles. The van der Waals surface area contributed by atoms with Gasteiger partial charge in [-0.2, -0.15) is 0 Å². The zero-order chi connectivity index (χ0) is 15.5. The maximum atomic E-state index is 12.2. The number of halogens is 1. The molecule has 0 atom stereocenters. The van der Waals surface area contributed by atoms with Crippen LogP contribution in [-0.4, -0.2) is 19.2 Å². The second-order valence-corrected chi connectivity index (χ2v) is 5.70. The number of hydrogen-bond donors (Lipinski definition) is 1. The van der Waals surface area contributed by atoms with Crippen LogP contribution in [0.25, 0.3) is 0 Å². The summed E-state index contributed by atoms with van der Waals surface area (Å²) in [6, 6.07) is 11.5. The van der Waals surface area contributed by atoms with Crippen molar-refractivity contribution in [2.24, 2.45) is 0 Å². The van der Waals surface area contributed by atoms with E-state index in [1.54, 1.807) is 30.3 Å². The Balaban J connectivity index is 1.77. The van der Waals surface area contributed by atoms with E-state index in [2.05, 4.69) is 27.9 Å². The van der Waals surface area contributed by atoms with Crippen LogP contribution >= 0.6 is 22.6 Å². The fourth-order valence-corrected chi connectivity index (χ4v) is 2.35. The highest BCUT2D eigenvalue weighted by molar-refractivity contribution is 14.1. The van der Waals surface area contributed by atoms with Crippen LogP contribution in [0.15, 0.2) is 42.5 Å². The van der Waals surface area contributed by atoms with Crippen LogP contribution < -0.4 is 19.7 Å². The Morgan fingerprint density at radius 3 is 2.59 bits per heavy atom. The van der Waals surface area contributed by atoms with Gasteiger partial charge in [0, 0.05) is 15.3 Å². The van der Waals surface area contributed by atoms with Crippen molar-refractivity contribution >= 4 is 46.4 Å². The number of nitrogens with zero attached hydrogens (tertiary/aromatic N) is 1. The summed E-state index contributed by atoms with van der Waals surface area (Å²) in [4.78, 5) is 24.5. The molecule has 2 aromatic rings. The number of hydrogen-bond acceptors (Lipinski definition) is 4. The van der Waals surface area contributed by atoms with Crippen molar-refractivity contribution in [3.8, 4) is 11.5 Å². The molecule has 1 aliphatic heterocycles. The highest BCUT2D eigenvalue weighted by Crippen LogP contribution is 2.34. The van der Waals surface area contributed by atoms with Crippen LogP contribution in [0.2, 0.25) is 0 Å². The Kier molecular flexibility index (Phi) is 4.14. The molecular formula is C15H11IN2O4. The fourth-order valence-electron chi connectivity index (χ4n) is 1.99. The van der Waals surface area contributed by atoms with Gasteiger partial charge in [-0.1, -0.05) is 0 Å². The summed E-state index contributed by atoms with van der Waals surface area (Å²) >= 11 is 2.15. The third kappa shape index (κ3) is 2.98. The van der Waals surface area contributed by atoms with E-state index in [0.717, 1.165) is 8.47 Å². The SMILES string of the molecule is O=CN(C(=O)Nc1ccc2c(c1)OCO2)c1ccc(I)cc1. The molecule has 0 bridgehead atoms. The van der Waals surface area contributed by atoms with Gasteiger partial charge in [0.25, 0.3) is 0 Å². The van der Waals surface area contributed by atoms with Gasteiger partial charge in [-0.15, -0.1) is 0 Å². The normalized spacial score (nSPS) is 11.9. The van der Waals surface area contributed by atoms with E-state index < -0.39 is 6.03 Å². The zero-order valence-corrected chi connectivity index (χ0v) is 13.4. The smallest absolute Gasteiger partial charge is 0.332 e. The van der Waals surface area contributed by atoms with Gasteiger partial charge >= 0.3 is 6.03 Å². The molecule has 0 saturated heterocycles. The molecule has 0 aromatic heterocycles. The third-order valence-corrected chi connectivity index (χ3v) is 3.77. The Morgan fingerprint density at radius 2 is 1.86 bits per heavy atom. The molecule has 0 aliphatic carbocycles. The average molecular weight is 410 g/mol. The van der Waals surface area contributed by atoms with Gasteiger partial charge in [-0.3, -0.25) is 4.79 Å². The van der Waals surface area contributed by atoms with Crippen LogP contribution in [0.4, 0.5) is 16.2 Å². The Hall–Kier alpha value is -2.29. The Labute approximate surface area is 140 Å². The van der Waals surface area contributed by atoms with Crippen LogP contribution in [0.1, 0.15) is 0 Å². The lowest BCUT2D eigenvalue weighted by Crippen LogP contribution is -2.33. The first-order valence-corrected chi connectivity index (χ1v) is 7.46. The maximum absolute atomic E-state index is 12.2. The lowest BCUT2D eigenvalue weighted by molar-refractivity contribution is -0.106. The summed E-state index contributed by atoms with van der Waals surface area (Å²) in [6.45, 7) is 0.163. The number of ether oxygens (including phenoxy) is 2. The van der Waals surface area contributed by atoms with E-state index in [9.17, 15) is 9.59 Å². The lowest BCUT2D eigenvalue weighted by Gasteiger charge is -2.16. The number of anilines is 2. The molecule has 0 unspecified atom stereocenters. The second-order valence-electron chi connectivity index (χ2n) is 4.45. The first-order chi connectivity index (χ1) is 10.7. The number of amides is 3. The average Bonchev–Trinajstić information content (AvgIpc) is 2.97. The van der Waals surface area contributed by atoms with Crippen molar-refractivity contribution in [3.63, 3.8) is 0 Å².